The molecule has 1 aliphatic heterocycles. The standard InChI is InChI=1S/C13H24O7/c1-2-3-4-5-6-9(14)19-7-8-10(15)11(16)12(17)13(18)20-8/h8,10-13,15-18H,2-7H2,1H3/t8-,10+,11+,12-,13+/m1/s1. The van der Waals surface area contributed by atoms with Gasteiger partial charge in [0.25, 0.3) is 0 Å². The number of aliphatic hydroxyl groups excluding tert-OH is 4. The quantitative estimate of drug-likeness (QED) is 0.362. The first kappa shape index (κ1) is 17.3. The Balaban J connectivity index is 2.28. The van der Waals surface area contributed by atoms with Crippen LogP contribution in [0.2, 0.25) is 0 Å². The summed E-state index contributed by atoms with van der Waals surface area (Å²) >= 11 is 0. The van der Waals surface area contributed by atoms with Gasteiger partial charge < -0.3 is 29.9 Å². The Kier molecular flexibility index (Phi) is 7.39. The van der Waals surface area contributed by atoms with Crippen molar-refractivity contribution in [3.63, 3.8) is 0 Å². The van der Waals surface area contributed by atoms with E-state index in [4.69, 9.17) is 9.47 Å². The average Bonchev–Trinajstić information content (AvgIpc) is 2.43. The van der Waals surface area contributed by atoms with Crippen LogP contribution in [-0.4, -0.2) is 63.7 Å². The molecule has 7 heteroatoms. The number of hydrogen-bond donors (Lipinski definition) is 4. The minimum Gasteiger partial charge on any atom is -0.463 e. The second kappa shape index (κ2) is 8.53. The van der Waals surface area contributed by atoms with Crippen LogP contribution in [0, 0.1) is 0 Å². The summed E-state index contributed by atoms with van der Waals surface area (Å²) in [4.78, 5) is 11.4. The molecule has 1 heterocycles. The van der Waals surface area contributed by atoms with Crippen LogP contribution in [-0.2, 0) is 14.3 Å². The summed E-state index contributed by atoms with van der Waals surface area (Å²) in [6.07, 6.45) is -3.06. The van der Waals surface area contributed by atoms with Crippen molar-refractivity contribution in [1.82, 2.24) is 0 Å². The first-order valence-corrected chi connectivity index (χ1v) is 7.00. The number of esters is 1. The Hall–Kier alpha value is -0.730. The number of ether oxygens (including phenoxy) is 2. The molecule has 0 spiro atoms. The van der Waals surface area contributed by atoms with Gasteiger partial charge in [-0.05, 0) is 6.42 Å². The Morgan fingerprint density at radius 2 is 1.75 bits per heavy atom. The number of carbonyl (C=O) groups is 1. The Bertz CT molecular complexity index is 296. The van der Waals surface area contributed by atoms with Gasteiger partial charge in [0.05, 0.1) is 0 Å². The van der Waals surface area contributed by atoms with Gasteiger partial charge in [-0.1, -0.05) is 26.2 Å². The van der Waals surface area contributed by atoms with Crippen LogP contribution in [0.25, 0.3) is 0 Å². The van der Waals surface area contributed by atoms with E-state index in [0.717, 1.165) is 25.7 Å². The minimum atomic E-state index is -1.61. The summed E-state index contributed by atoms with van der Waals surface area (Å²) in [5.74, 6) is -0.410. The molecule has 5 atom stereocenters. The van der Waals surface area contributed by atoms with Gasteiger partial charge >= 0.3 is 5.97 Å². The zero-order valence-corrected chi connectivity index (χ0v) is 11.6. The molecular weight excluding hydrogens is 268 g/mol. The van der Waals surface area contributed by atoms with E-state index in [-0.39, 0.29) is 13.0 Å². The van der Waals surface area contributed by atoms with Gasteiger partial charge in [0, 0.05) is 6.42 Å². The molecule has 1 rings (SSSR count). The Morgan fingerprint density at radius 1 is 1.05 bits per heavy atom. The van der Waals surface area contributed by atoms with Crippen LogP contribution in [0.5, 0.6) is 0 Å². The molecule has 1 aliphatic rings. The number of unbranched alkanes of at least 4 members (excludes halogenated alkanes) is 3. The van der Waals surface area contributed by atoms with E-state index in [1.807, 2.05) is 0 Å². The fraction of sp³-hybridized carbons (Fsp3) is 0.923. The van der Waals surface area contributed by atoms with Crippen LogP contribution in [0.15, 0.2) is 0 Å². The number of hydrogen-bond acceptors (Lipinski definition) is 7. The van der Waals surface area contributed by atoms with E-state index in [0.29, 0.717) is 0 Å². The molecule has 0 bridgehead atoms. The second-order valence-corrected chi connectivity index (χ2v) is 5.03. The molecule has 7 nitrogen and oxygen atoms in total. The normalized spacial score (nSPS) is 34.0. The monoisotopic (exact) mass is 292 g/mol. The highest BCUT2D eigenvalue weighted by Gasteiger charge is 2.43. The highest BCUT2D eigenvalue weighted by atomic mass is 16.6. The van der Waals surface area contributed by atoms with E-state index >= 15 is 0 Å². The van der Waals surface area contributed by atoms with Gasteiger partial charge in [-0.3, -0.25) is 4.79 Å². The fourth-order valence-electron chi connectivity index (χ4n) is 2.01. The van der Waals surface area contributed by atoms with Crippen molar-refractivity contribution in [3.05, 3.63) is 0 Å². The van der Waals surface area contributed by atoms with Crippen molar-refractivity contribution in [2.45, 2.75) is 69.7 Å². The number of rotatable bonds is 7. The zero-order valence-electron chi connectivity index (χ0n) is 11.6. The number of aliphatic hydroxyl groups is 4. The van der Waals surface area contributed by atoms with Gasteiger partial charge in [0.2, 0.25) is 0 Å². The molecule has 0 aromatic heterocycles. The van der Waals surface area contributed by atoms with Crippen molar-refractivity contribution in [2.24, 2.45) is 0 Å². The third-order valence-corrected chi connectivity index (χ3v) is 3.33. The third-order valence-electron chi connectivity index (χ3n) is 3.33. The molecule has 0 aromatic carbocycles. The average molecular weight is 292 g/mol. The van der Waals surface area contributed by atoms with Crippen molar-refractivity contribution in [1.29, 1.82) is 0 Å². The van der Waals surface area contributed by atoms with Crippen LogP contribution in [0.4, 0.5) is 0 Å². The summed E-state index contributed by atoms with van der Waals surface area (Å²) in [6.45, 7) is 1.81. The van der Waals surface area contributed by atoms with Crippen LogP contribution < -0.4 is 0 Å². The Morgan fingerprint density at radius 3 is 2.40 bits per heavy atom. The smallest absolute Gasteiger partial charge is 0.305 e. The molecule has 0 amide bonds. The first-order chi connectivity index (χ1) is 9.47. The van der Waals surface area contributed by atoms with Gasteiger partial charge in [-0.2, -0.15) is 0 Å². The van der Waals surface area contributed by atoms with Crippen molar-refractivity contribution >= 4 is 5.97 Å². The molecule has 0 radical (unpaired) electrons. The highest BCUT2D eigenvalue weighted by molar-refractivity contribution is 5.69. The van der Waals surface area contributed by atoms with Crippen molar-refractivity contribution < 1.29 is 34.7 Å². The Labute approximate surface area is 118 Å². The lowest BCUT2D eigenvalue weighted by Crippen LogP contribution is -2.58. The molecule has 20 heavy (non-hydrogen) atoms. The van der Waals surface area contributed by atoms with Crippen LogP contribution >= 0.6 is 0 Å². The highest BCUT2D eigenvalue weighted by Crippen LogP contribution is 2.20. The summed E-state index contributed by atoms with van der Waals surface area (Å²) in [5, 5.41) is 37.7. The van der Waals surface area contributed by atoms with Crippen LogP contribution in [0.1, 0.15) is 39.0 Å². The van der Waals surface area contributed by atoms with E-state index in [9.17, 15) is 25.2 Å². The van der Waals surface area contributed by atoms with E-state index in [1.165, 1.54) is 0 Å². The van der Waals surface area contributed by atoms with E-state index in [2.05, 4.69) is 6.92 Å². The molecule has 1 fully saturated rings. The largest absolute Gasteiger partial charge is 0.463 e. The molecular formula is C13H24O7. The van der Waals surface area contributed by atoms with Gasteiger partial charge in [-0.25, -0.2) is 0 Å². The SMILES string of the molecule is CCCCCCC(=O)OC[C@H]1O[C@H](O)[C@H](O)[C@@H](O)[C@H]1O. The molecule has 0 saturated carbocycles. The molecule has 118 valence electrons. The summed E-state index contributed by atoms with van der Waals surface area (Å²) < 4.78 is 9.83. The van der Waals surface area contributed by atoms with E-state index in [1.54, 1.807) is 0 Å². The predicted molar refractivity (Wildman–Crippen MR) is 68.6 cm³/mol. The third kappa shape index (κ3) is 4.99. The maximum atomic E-state index is 11.4. The van der Waals surface area contributed by atoms with Gasteiger partial charge in [-0.15, -0.1) is 0 Å². The molecule has 0 aromatic rings. The zero-order chi connectivity index (χ0) is 15.1. The topological polar surface area (TPSA) is 116 Å². The predicted octanol–water partition coefficient (Wildman–Crippen LogP) is -0.700. The fourth-order valence-corrected chi connectivity index (χ4v) is 2.01. The first-order valence-electron chi connectivity index (χ1n) is 7.00. The minimum absolute atomic E-state index is 0.269. The van der Waals surface area contributed by atoms with Crippen LogP contribution in [0.3, 0.4) is 0 Å². The molecule has 0 aliphatic carbocycles. The summed E-state index contributed by atoms with van der Waals surface area (Å²) in [6, 6.07) is 0. The lowest BCUT2D eigenvalue weighted by Gasteiger charge is -2.37. The summed E-state index contributed by atoms with van der Waals surface area (Å²) in [7, 11) is 0. The number of carbonyl (C=O) groups excluding carboxylic acids is 1. The maximum Gasteiger partial charge on any atom is 0.305 e. The molecule has 1 saturated heterocycles. The molecule has 4 N–H and O–H groups in total. The summed E-state index contributed by atoms with van der Waals surface area (Å²) in [5.41, 5.74) is 0. The van der Waals surface area contributed by atoms with Crippen molar-refractivity contribution in [3.8, 4) is 0 Å². The van der Waals surface area contributed by atoms with Crippen molar-refractivity contribution in [2.75, 3.05) is 6.61 Å². The lowest BCUT2D eigenvalue weighted by atomic mass is 9.99. The lowest BCUT2D eigenvalue weighted by molar-refractivity contribution is -0.287. The molecule has 0 unspecified atom stereocenters. The maximum absolute atomic E-state index is 11.4. The van der Waals surface area contributed by atoms with Gasteiger partial charge in [0.1, 0.15) is 31.0 Å². The second-order valence-electron chi connectivity index (χ2n) is 5.03. The van der Waals surface area contributed by atoms with E-state index < -0.39 is 36.7 Å². The van der Waals surface area contributed by atoms with Gasteiger partial charge in [0.15, 0.2) is 6.29 Å².